The summed E-state index contributed by atoms with van der Waals surface area (Å²) in [7, 11) is -3.51. The van der Waals surface area contributed by atoms with Gasteiger partial charge in [-0.1, -0.05) is 33.6 Å². The van der Waals surface area contributed by atoms with Crippen LogP contribution in [0.3, 0.4) is 0 Å². The predicted octanol–water partition coefficient (Wildman–Crippen LogP) is 2.43. The van der Waals surface area contributed by atoms with Gasteiger partial charge in [-0.15, -0.1) is 0 Å². The van der Waals surface area contributed by atoms with Gasteiger partial charge in [0, 0.05) is 5.33 Å². The van der Waals surface area contributed by atoms with Crippen molar-refractivity contribution in [3.63, 3.8) is 0 Å². The van der Waals surface area contributed by atoms with Crippen LogP contribution < -0.4 is 0 Å². The normalized spacial score (nSPS) is 14.7. The molecule has 1 aromatic carbocycles. The second-order valence-corrected chi connectivity index (χ2v) is 6.39. The Kier molecular flexibility index (Phi) is 4.91. The van der Waals surface area contributed by atoms with E-state index in [1.54, 1.807) is 24.3 Å². The number of aliphatic hydroxyl groups excluding tert-OH is 1. The van der Waals surface area contributed by atoms with E-state index in [0.717, 1.165) is 5.56 Å². The van der Waals surface area contributed by atoms with E-state index in [-0.39, 0.29) is 15.1 Å². The van der Waals surface area contributed by atoms with Crippen molar-refractivity contribution >= 4 is 25.8 Å². The van der Waals surface area contributed by atoms with Crippen LogP contribution in [0.4, 0.5) is 0 Å². The number of allylic oxidation sites excluding steroid dienone is 1. The number of aryl methyl sites for hydroxylation is 1. The summed E-state index contributed by atoms with van der Waals surface area (Å²) in [5.41, 5.74) is 1.00. The number of rotatable bonds is 4. The second-order valence-electron chi connectivity index (χ2n) is 3.82. The van der Waals surface area contributed by atoms with Crippen LogP contribution in [0.15, 0.2) is 40.1 Å². The lowest BCUT2D eigenvalue weighted by atomic mass is 10.2. The van der Waals surface area contributed by atoms with Gasteiger partial charge in [-0.05, 0) is 32.1 Å². The summed E-state index contributed by atoms with van der Waals surface area (Å²) in [5.74, 6) is 0. The number of hydrogen-bond donors (Lipinski definition) is 1. The molecule has 5 heteroatoms. The van der Waals surface area contributed by atoms with Crippen LogP contribution in [-0.4, -0.2) is 25.0 Å². The van der Waals surface area contributed by atoms with Crippen LogP contribution >= 0.6 is 15.9 Å². The van der Waals surface area contributed by atoms with Gasteiger partial charge in [-0.3, -0.25) is 0 Å². The molecule has 0 heterocycles. The summed E-state index contributed by atoms with van der Waals surface area (Å²) in [6, 6.07) is 6.65. The zero-order chi connectivity index (χ0) is 13.1. The van der Waals surface area contributed by atoms with Crippen LogP contribution in [0, 0.1) is 6.92 Å². The van der Waals surface area contributed by atoms with E-state index >= 15 is 0 Å². The van der Waals surface area contributed by atoms with Gasteiger partial charge in [0.1, 0.15) is 0 Å². The lowest BCUT2D eigenvalue weighted by Crippen LogP contribution is -2.09. The average molecular weight is 319 g/mol. The monoisotopic (exact) mass is 318 g/mol. The fourth-order valence-corrected chi connectivity index (χ4v) is 3.75. The van der Waals surface area contributed by atoms with E-state index in [1.165, 1.54) is 13.0 Å². The number of sulfone groups is 1. The third-order valence-electron chi connectivity index (χ3n) is 2.24. The first-order chi connectivity index (χ1) is 7.87. The number of halogens is 1. The Morgan fingerprint density at radius 2 is 1.94 bits per heavy atom. The summed E-state index contributed by atoms with van der Waals surface area (Å²) in [4.78, 5) is 0.422. The zero-order valence-electron chi connectivity index (χ0n) is 9.72. The smallest absolute Gasteiger partial charge is 0.203 e. The number of aliphatic hydroxyl groups is 1. The Morgan fingerprint density at radius 3 is 2.35 bits per heavy atom. The van der Waals surface area contributed by atoms with Gasteiger partial charge in [0.2, 0.25) is 9.84 Å². The molecule has 0 saturated heterocycles. The average Bonchev–Trinajstić information content (AvgIpc) is 2.26. The first-order valence-electron chi connectivity index (χ1n) is 5.14. The highest BCUT2D eigenvalue weighted by Gasteiger charge is 2.19. The minimum absolute atomic E-state index is 0.177. The van der Waals surface area contributed by atoms with Crippen molar-refractivity contribution in [3.8, 4) is 0 Å². The maximum absolute atomic E-state index is 12.2. The van der Waals surface area contributed by atoms with Crippen molar-refractivity contribution < 1.29 is 13.5 Å². The van der Waals surface area contributed by atoms with Crippen LogP contribution in [0.25, 0.3) is 0 Å². The van der Waals surface area contributed by atoms with Gasteiger partial charge < -0.3 is 5.11 Å². The highest BCUT2D eigenvalue weighted by atomic mass is 79.9. The predicted molar refractivity (Wildman–Crippen MR) is 71.9 cm³/mol. The molecule has 0 aliphatic heterocycles. The molecule has 1 rings (SSSR count). The number of hydrogen-bond acceptors (Lipinski definition) is 3. The van der Waals surface area contributed by atoms with Crippen LogP contribution in [0.5, 0.6) is 0 Å². The molecule has 1 atom stereocenters. The number of benzene rings is 1. The molecule has 0 aliphatic carbocycles. The van der Waals surface area contributed by atoms with Crippen molar-refractivity contribution in [2.45, 2.75) is 24.8 Å². The quantitative estimate of drug-likeness (QED) is 0.867. The minimum atomic E-state index is -3.51. The molecular weight excluding hydrogens is 304 g/mol. The molecule has 3 nitrogen and oxygen atoms in total. The number of alkyl halides is 1. The molecule has 1 unspecified atom stereocenters. The highest BCUT2D eigenvalue weighted by molar-refractivity contribution is 9.09. The van der Waals surface area contributed by atoms with Gasteiger partial charge in [-0.25, -0.2) is 8.42 Å². The Labute approximate surface area is 110 Å². The molecule has 94 valence electrons. The van der Waals surface area contributed by atoms with E-state index in [4.69, 9.17) is 0 Å². The van der Waals surface area contributed by atoms with Crippen molar-refractivity contribution in [1.82, 2.24) is 0 Å². The Morgan fingerprint density at radius 1 is 1.41 bits per heavy atom. The molecule has 0 bridgehead atoms. The molecule has 0 spiro atoms. The van der Waals surface area contributed by atoms with E-state index in [0.29, 0.717) is 0 Å². The van der Waals surface area contributed by atoms with Crippen LogP contribution in [0.2, 0.25) is 0 Å². The standard InChI is InChI=1S/C12H15BrO3S/c1-9-3-5-11(6-4-9)17(15,16)12(8-13)7-10(2)14/h3-7,10,14H,8H2,1-2H3/b12-7+. The molecule has 0 fully saturated rings. The zero-order valence-corrected chi connectivity index (χ0v) is 12.1. The first kappa shape index (κ1) is 14.4. The van der Waals surface area contributed by atoms with E-state index < -0.39 is 15.9 Å². The lowest BCUT2D eigenvalue weighted by Gasteiger charge is -2.08. The highest BCUT2D eigenvalue weighted by Crippen LogP contribution is 2.21. The summed E-state index contributed by atoms with van der Waals surface area (Å²) in [6.45, 7) is 3.42. The minimum Gasteiger partial charge on any atom is -0.389 e. The summed E-state index contributed by atoms with van der Waals surface area (Å²) >= 11 is 3.13. The summed E-state index contributed by atoms with van der Waals surface area (Å²) in [6.07, 6.45) is 0.548. The molecule has 1 aromatic rings. The van der Waals surface area contributed by atoms with Gasteiger partial charge in [0.25, 0.3) is 0 Å². The molecule has 0 radical (unpaired) electrons. The largest absolute Gasteiger partial charge is 0.389 e. The third kappa shape index (κ3) is 3.66. The molecule has 1 N–H and O–H groups in total. The van der Waals surface area contributed by atoms with Gasteiger partial charge in [0.15, 0.2) is 0 Å². The van der Waals surface area contributed by atoms with Crippen molar-refractivity contribution in [1.29, 1.82) is 0 Å². The fourth-order valence-electron chi connectivity index (χ4n) is 1.34. The van der Waals surface area contributed by atoms with Gasteiger partial charge in [0.05, 0.1) is 15.9 Å². The maximum atomic E-state index is 12.2. The first-order valence-corrected chi connectivity index (χ1v) is 7.75. The van der Waals surface area contributed by atoms with Crippen LogP contribution in [0.1, 0.15) is 12.5 Å². The van der Waals surface area contributed by atoms with Crippen LogP contribution in [-0.2, 0) is 9.84 Å². The fraction of sp³-hybridized carbons (Fsp3) is 0.333. The topological polar surface area (TPSA) is 54.4 Å². The maximum Gasteiger partial charge on any atom is 0.203 e. The molecule has 0 aliphatic rings. The summed E-state index contributed by atoms with van der Waals surface area (Å²) < 4.78 is 24.4. The van der Waals surface area contributed by atoms with Gasteiger partial charge in [-0.2, -0.15) is 0 Å². The Bertz CT molecular complexity index is 501. The van der Waals surface area contributed by atoms with E-state index in [1.807, 2.05) is 6.92 Å². The second kappa shape index (κ2) is 5.80. The van der Waals surface area contributed by atoms with Gasteiger partial charge >= 0.3 is 0 Å². The molecule has 0 saturated carbocycles. The molecule has 0 amide bonds. The Hall–Kier alpha value is -0.650. The van der Waals surface area contributed by atoms with Crippen molar-refractivity contribution in [2.24, 2.45) is 0 Å². The SMILES string of the molecule is Cc1ccc(S(=O)(=O)/C(=C/C(C)O)CBr)cc1. The summed E-state index contributed by atoms with van der Waals surface area (Å²) in [5, 5.41) is 9.44. The van der Waals surface area contributed by atoms with Crippen molar-refractivity contribution in [3.05, 3.63) is 40.8 Å². The third-order valence-corrected chi connectivity index (χ3v) is 5.07. The van der Waals surface area contributed by atoms with E-state index in [9.17, 15) is 13.5 Å². The Balaban J connectivity index is 3.22. The lowest BCUT2D eigenvalue weighted by molar-refractivity contribution is 0.243. The van der Waals surface area contributed by atoms with E-state index in [2.05, 4.69) is 15.9 Å². The van der Waals surface area contributed by atoms with Crippen molar-refractivity contribution in [2.75, 3.05) is 5.33 Å². The molecular formula is C12H15BrO3S. The molecule has 17 heavy (non-hydrogen) atoms. The molecule has 0 aromatic heterocycles.